The number of phenolic OH excluding ortho intramolecular Hbond substituents is 1. The number of ether oxygens (including phenoxy) is 2. The summed E-state index contributed by atoms with van der Waals surface area (Å²) in [5.74, 6) is -0.945. The van der Waals surface area contributed by atoms with Crippen LogP contribution in [0.5, 0.6) is 11.5 Å². The molecule has 5 N–H and O–H groups in total. The lowest BCUT2D eigenvalue weighted by atomic mass is 9.96. The van der Waals surface area contributed by atoms with Crippen molar-refractivity contribution in [2.24, 2.45) is 0 Å². The highest BCUT2D eigenvalue weighted by Crippen LogP contribution is 2.39. The molecule has 2 aliphatic rings. The van der Waals surface area contributed by atoms with Gasteiger partial charge in [0.1, 0.15) is 36.7 Å². The molecule has 0 bridgehead atoms. The van der Waals surface area contributed by atoms with E-state index < -0.39 is 29.7 Å². The first-order valence-electron chi connectivity index (χ1n) is 30.3. The van der Waals surface area contributed by atoms with Gasteiger partial charge in [-0.2, -0.15) is 10.2 Å². The van der Waals surface area contributed by atoms with Gasteiger partial charge in [0, 0.05) is 61.0 Å². The Morgan fingerprint density at radius 3 is 1.80 bits per heavy atom. The van der Waals surface area contributed by atoms with Crippen LogP contribution in [-0.2, 0) is 72.9 Å². The maximum absolute atomic E-state index is 15.5. The van der Waals surface area contributed by atoms with Crippen molar-refractivity contribution in [2.45, 2.75) is 124 Å². The maximum Gasteiger partial charge on any atom is 0.324 e. The number of phenols is 1. The Hall–Kier alpha value is -9.78. The van der Waals surface area contributed by atoms with Gasteiger partial charge < -0.3 is 29.2 Å². The van der Waals surface area contributed by atoms with Crippen molar-refractivity contribution in [3.63, 3.8) is 0 Å². The van der Waals surface area contributed by atoms with Crippen LogP contribution >= 0.6 is 0 Å². The number of fused-ring (bicyclic) bond motifs is 4. The first-order valence-corrected chi connectivity index (χ1v) is 30.3. The normalized spacial score (nSPS) is 15.1. The number of aromatic amines is 3. The van der Waals surface area contributed by atoms with Crippen molar-refractivity contribution < 1.29 is 38.1 Å². The van der Waals surface area contributed by atoms with Gasteiger partial charge in [0.2, 0.25) is 0 Å². The molecule has 11 aromatic rings. The number of hydrogen-bond acceptors (Lipinski definition) is 11. The minimum Gasteiger partial charge on any atom is -0.505 e. The number of esters is 1. The topological polar surface area (TPSA) is 203 Å². The molecule has 89 heavy (non-hydrogen) atoms. The van der Waals surface area contributed by atoms with E-state index in [1.807, 2.05) is 147 Å². The second-order valence-corrected chi connectivity index (χ2v) is 23.4. The Labute approximate surface area is 514 Å². The Kier molecular flexibility index (Phi) is 17.1. The largest absolute Gasteiger partial charge is 0.505 e. The third-order valence-corrected chi connectivity index (χ3v) is 17.1. The number of nitrogens with zero attached hydrogens (tertiary/aromatic N) is 7. The van der Waals surface area contributed by atoms with E-state index in [9.17, 15) is 24.2 Å². The lowest BCUT2D eigenvalue weighted by molar-refractivity contribution is -0.153. The van der Waals surface area contributed by atoms with Gasteiger partial charge in [0.25, 0.3) is 0 Å². The summed E-state index contributed by atoms with van der Waals surface area (Å²) in [7, 11) is 0. The van der Waals surface area contributed by atoms with Crippen molar-refractivity contribution in [2.75, 3.05) is 0 Å². The van der Waals surface area contributed by atoms with E-state index in [0.29, 0.717) is 63.4 Å². The fraction of sp³-hybridized carbons (Fsp3) is 0.268. The van der Waals surface area contributed by atoms with Crippen molar-refractivity contribution >= 4 is 33.7 Å². The van der Waals surface area contributed by atoms with Gasteiger partial charge in [-0.25, -0.2) is 18.7 Å². The first-order chi connectivity index (χ1) is 43.1. The van der Waals surface area contributed by atoms with Crippen molar-refractivity contribution in [3.05, 3.63) is 214 Å². The predicted octanol–water partition coefficient (Wildman–Crippen LogP) is 13.5. The fourth-order valence-corrected chi connectivity index (χ4v) is 12.3. The second-order valence-electron chi connectivity index (χ2n) is 23.4. The number of carboxylic acids is 1. The Morgan fingerprint density at radius 1 is 0.629 bits per heavy atom. The van der Waals surface area contributed by atoms with Gasteiger partial charge in [-0.15, -0.1) is 0 Å². The van der Waals surface area contributed by atoms with E-state index in [-0.39, 0.29) is 36.2 Å². The lowest BCUT2D eigenvalue weighted by Gasteiger charge is -2.36. The quantitative estimate of drug-likeness (QED) is 0.0541. The molecule has 18 heteroatoms. The number of carbonyl (C=O) groups excluding carboxylic acids is 1. The smallest absolute Gasteiger partial charge is 0.324 e. The van der Waals surface area contributed by atoms with Gasteiger partial charge in [-0.3, -0.25) is 29.6 Å². The number of rotatable bonds is 17. The number of aliphatic carboxylic acids is 1. The van der Waals surface area contributed by atoms with Gasteiger partial charge in [-0.05, 0) is 139 Å². The molecule has 7 aromatic carbocycles. The van der Waals surface area contributed by atoms with Crippen molar-refractivity contribution in [1.82, 2.24) is 49.7 Å². The van der Waals surface area contributed by atoms with Crippen molar-refractivity contribution in [3.8, 4) is 56.8 Å². The molecule has 0 aliphatic carbocycles. The molecular weight excluding hydrogens is 1130 g/mol. The number of carbonyl (C=O) groups is 2. The molecule has 4 aromatic heterocycles. The summed E-state index contributed by atoms with van der Waals surface area (Å²) in [5, 5.41) is 36.7. The number of aromatic nitrogens is 8. The van der Waals surface area contributed by atoms with E-state index in [2.05, 4.69) is 62.7 Å². The highest BCUT2D eigenvalue weighted by molar-refractivity contribution is 5.95. The standard InChI is InChI=1S/C46H44FN5O3.C25H26FN5O3/c1-4-34-23-43(54-28-32-16-10-6-11-17-32)38(47)24-37(34)35-20-21-36-39(22-35)49-50-44(36)45-48-40-27-51(30(2)3)42(46(53)55-29-33-18-12-7-13-19-33)25-41(40)52(45)26-31-14-8-5-9-15-31;1-4-13-8-22(32)17(26)9-16(13)14-5-6-15-18(7-14)29-30-23(15)24-27-19-10-21(25(33)34)31(12(2)3)11-20(19)28-24/h5-24,30,42H,4,25-29H2,1-3H3,(H,49,50);5-9,12,21,32H,4,10-11H2,1-3H3,(H,27,28)(H,29,30)(H,33,34)/t42-;21-/m00/s1. The third kappa shape index (κ3) is 12.3. The van der Waals surface area contributed by atoms with Crippen LogP contribution in [-0.4, -0.2) is 96.0 Å². The molecule has 2 aliphatic heterocycles. The zero-order valence-electron chi connectivity index (χ0n) is 50.5. The van der Waals surface area contributed by atoms with E-state index in [0.717, 1.165) is 106 Å². The SMILES string of the molecule is CCc1cc(O)c(F)cc1-c1ccc2c(-c3nc4c([nH]3)CN(C(C)C)[C@H](C(=O)O)C4)n[nH]c2c1.CCc1cc(OCc2ccccc2)c(F)cc1-c1ccc2c(-c3nc4c(n3Cc3ccccc3)C[C@@H](C(=O)OCc3ccccc3)N(C(C)C)C4)n[nH]c2c1. The van der Waals surface area contributed by atoms with Crippen LogP contribution in [0.3, 0.4) is 0 Å². The second kappa shape index (κ2) is 25.5. The first kappa shape index (κ1) is 59.5. The molecule has 0 saturated heterocycles. The highest BCUT2D eigenvalue weighted by atomic mass is 19.1. The Bertz CT molecular complexity index is 4370. The maximum atomic E-state index is 15.5. The zero-order valence-corrected chi connectivity index (χ0v) is 50.5. The van der Waals surface area contributed by atoms with E-state index >= 15 is 4.39 Å². The van der Waals surface area contributed by atoms with Gasteiger partial charge in [0.05, 0.1) is 28.1 Å². The summed E-state index contributed by atoms with van der Waals surface area (Å²) in [6, 6.07) is 46.9. The number of nitrogens with one attached hydrogen (secondary N) is 3. The molecular formula is C71H70F2N10O6. The molecule has 13 rings (SSSR count). The molecule has 16 nitrogen and oxygen atoms in total. The highest BCUT2D eigenvalue weighted by Gasteiger charge is 2.39. The van der Waals surface area contributed by atoms with Gasteiger partial charge in [0.15, 0.2) is 34.8 Å². The predicted molar refractivity (Wildman–Crippen MR) is 339 cm³/mol. The number of H-pyrrole nitrogens is 3. The summed E-state index contributed by atoms with van der Waals surface area (Å²) in [5.41, 5.74) is 14.6. The van der Waals surface area contributed by atoms with Crippen molar-refractivity contribution in [1.29, 1.82) is 0 Å². The average Bonchev–Trinajstić information content (AvgIpc) is 1.76. The molecule has 6 heterocycles. The summed E-state index contributed by atoms with van der Waals surface area (Å²) >= 11 is 0. The van der Waals surface area contributed by atoms with Crippen LogP contribution in [0.25, 0.3) is 67.1 Å². The number of aryl methyl sites for hydroxylation is 2. The Balaban J connectivity index is 0.000000193. The number of carboxylic acid groups (broad SMARTS) is 1. The van der Waals surface area contributed by atoms with Gasteiger partial charge >= 0.3 is 11.9 Å². The third-order valence-electron chi connectivity index (χ3n) is 17.1. The lowest BCUT2D eigenvalue weighted by Crippen LogP contribution is -2.49. The van der Waals surface area contributed by atoms with Crippen LogP contribution in [0.4, 0.5) is 8.78 Å². The zero-order chi connectivity index (χ0) is 62.0. The fourth-order valence-electron chi connectivity index (χ4n) is 12.3. The number of halogens is 2. The van der Waals surface area contributed by atoms with E-state index in [1.165, 1.54) is 12.1 Å². The van der Waals surface area contributed by atoms with E-state index in [4.69, 9.17) is 24.5 Å². The minimum absolute atomic E-state index is 0.0865. The van der Waals surface area contributed by atoms with Crippen LogP contribution in [0.1, 0.15) is 92.1 Å². The molecule has 0 saturated carbocycles. The minimum atomic E-state index is -0.848. The molecule has 0 radical (unpaired) electrons. The van der Waals surface area contributed by atoms with Crippen LogP contribution in [0.2, 0.25) is 0 Å². The summed E-state index contributed by atoms with van der Waals surface area (Å²) in [6.07, 6.45) is 2.15. The average molecular weight is 1200 g/mol. The summed E-state index contributed by atoms with van der Waals surface area (Å²) in [4.78, 5) is 43.0. The monoisotopic (exact) mass is 1200 g/mol. The van der Waals surface area contributed by atoms with Crippen LogP contribution in [0, 0.1) is 11.6 Å². The molecule has 0 unspecified atom stereocenters. The Morgan fingerprint density at radius 2 is 1.19 bits per heavy atom. The van der Waals surface area contributed by atoms with Crippen LogP contribution < -0.4 is 4.74 Å². The van der Waals surface area contributed by atoms with Crippen LogP contribution in [0.15, 0.2) is 152 Å². The molecule has 0 spiro atoms. The molecule has 454 valence electrons. The number of benzene rings is 7. The number of imidazole rings is 2. The molecule has 2 atom stereocenters. The summed E-state index contributed by atoms with van der Waals surface area (Å²) < 4.78 is 43.6. The van der Waals surface area contributed by atoms with Gasteiger partial charge in [-0.1, -0.05) is 117 Å². The molecule has 0 amide bonds. The summed E-state index contributed by atoms with van der Waals surface area (Å²) in [6.45, 7) is 14.3. The van der Waals surface area contributed by atoms with E-state index in [1.54, 1.807) is 6.07 Å². The number of aromatic hydroxyl groups is 1. The number of hydrogen-bond donors (Lipinski definition) is 5. The molecule has 0 fully saturated rings.